The fourth-order valence-electron chi connectivity index (χ4n) is 2.30. The molecule has 2 nitrogen and oxygen atoms in total. The predicted molar refractivity (Wildman–Crippen MR) is 76.3 cm³/mol. The van der Waals surface area contributed by atoms with Gasteiger partial charge >= 0.3 is 0 Å². The predicted octanol–water partition coefficient (Wildman–Crippen LogP) is 3.09. The zero-order chi connectivity index (χ0) is 11.4. The molecule has 0 bridgehead atoms. The second kappa shape index (κ2) is 6.67. The summed E-state index contributed by atoms with van der Waals surface area (Å²) < 4.78 is 0. The number of piperidine rings is 1. The number of anilines is 1. The second-order valence-electron chi connectivity index (χ2n) is 4.59. The van der Waals surface area contributed by atoms with Crippen LogP contribution in [0.15, 0.2) is 36.9 Å². The average molecular weight is 253 g/mol. The van der Waals surface area contributed by atoms with E-state index in [-0.39, 0.29) is 12.4 Å². The number of hydrogen-bond acceptors (Lipinski definition) is 2. The molecule has 1 heterocycles. The highest BCUT2D eigenvalue weighted by molar-refractivity contribution is 5.85. The van der Waals surface area contributed by atoms with Gasteiger partial charge in [-0.1, -0.05) is 18.2 Å². The quantitative estimate of drug-likeness (QED) is 0.662. The summed E-state index contributed by atoms with van der Waals surface area (Å²) in [5, 5.41) is 0. The highest BCUT2D eigenvalue weighted by atomic mass is 35.5. The van der Waals surface area contributed by atoms with E-state index < -0.39 is 0 Å². The lowest BCUT2D eigenvalue weighted by molar-refractivity contribution is 0.196. The van der Waals surface area contributed by atoms with Crippen molar-refractivity contribution in [2.45, 2.75) is 19.4 Å². The molecule has 0 spiro atoms. The molecule has 1 aromatic carbocycles. The molecule has 0 amide bonds. The van der Waals surface area contributed by atoms with Crippen LogP contribution in [-0.4, -0.2) is 18.0 Å². The number of nitrogen functional groups attached to an aromatic ring is 1. The summed E-state index contributed by atoms with van der Waals surface area (Å²) in [5.74, 6) is 0.720. The van der Waals surface area contributed by atoms with Crippen molar-refractivity contribution in [2.75, 3.05) is 18.8 Å². The molecule has 0 radical (unpaired) electrons. The van der Waals surface area contributed by atoms with Crippen molar-refractivity contribution in [3.8, 4) is 0 Å². The lowest BCUT2D eigenvalue weighted by atomic mass is 9.97. The Labute approximate surface area is 110 Å². The van der Waals surface area contributed by atoms with Crippen LogP contribution in [0.2, 0.25) is 0 Å². The second-order valence-corrected chi connectivity index (χ2v) is 4.59. The van der Waals surface area contributed by atoms with Gasteiger partial charge in [0.25, 0.3) is 0 Å². The van der Waals surface area contributed by atoms with Gasteiger partial charge in [0.05, 0.1) is 0 Å². The van der Waals surface area contributed by atoms with Gasteiger partial charge in [-0.2, -0.15) is 0 Å². The van der Waals surface area contributed by atoms with Crippen LogP contribution < -0.4 is 5.73 Å². The molecule has 2 N–H and O–H groups in total. The Hall–Kier alpha value is -0.990. The summed E-state index contributed by atoms with van der Waals surface area (Å²) in [4.78, 5) is 2.49. The third-order valence-electron chi connectivity index (χ3n) is 3.32. The van der Waals surface area contributed by atoms with E-state index in [2.05, 4.69) is 29.7 Å². The molecule has 17 heavy (non-hydrogen) atoms. The number of likely N-dealkylation sites (tertiary alicyclic amines) is 1. The van der Waals surface area contributed by atoms with Gasteiger partial charge in [-0.3, -0.25) is 4.90 Å². The number of benzene rings is 1. The summed E-state index contributed by atoms with van der Waals surface area (Å²) in [5.41, 5.74) is 7.95. The molecule has 1 saturated heterocycles. The van der Waals surface area contributed by atoms with Gasteiger partial charge in [0.15, 0.2) is 0 Å². The minimum Gasteiger partial charge on any atom is -0.399 e. The molecule has 0 atom stereocenters. The third kappa shape index (κ3) is 4.06. The number of nitrogens with two attached hydrogens (primary N) is 1. The molecule has 1 aliphatic rings. The summed E-state index contributed by atoms with van der Waals surface area (Å²) in [6.45, 7) is 7.24. The SMILES string of the molecule is C=CC1CCN(Cc2cccc(N)c2)CC1.Cl. The van der Waals surface area contributed by atoms with Crippen molar-refractivity contribution in [2.24, 2.45) is 5.92 Å². The molecular weight excluding hydrogens is 232 g/mol. The minimum atomic E-state index is 0. The van der Waals surface area contributed by atoms with Crippen molar-refractivity contribution in [3.05, 3.63) is 42.5 Å². The first-order chi connectivity index (χ1) is 7.78. The largest absolute Gasteiger partial charge is 0.399 e. The molecular formula is C14H21ClN2. The Morgan fingerprint density at radius 1 is 1.35 bits per heavy atom. The lowest BCUT2D eigenvalue weighted by Gasteiger charge is -2.30. The summed E-state index contributed by atoms with van der Waals surface area (Å²) in [6, 6.07) is 8.18. The Bertz CT molecular complexity index is 357. The van der Waals surface area contributed by atoms with Crippen molar-refractivity contribution < 1.29 is 0 Å². The smallest absolute Gasteiger partial charge is 0.0317 e. The topological polar surface area (TPSA) is 29.3 Å². The van der Waals surface area contributed by atoms with Gasteiger partial charge in [0, 0.05) is 12.2 Å². The number of allylic oxidation sites excluding steroid dienone is 1. The van der Waals surface area contributed by atoms with Crippen LogP contribution in [0.4, 0.5) is 5.69 Å². The van der Waals surface area contributed by atoms with Crippen LogP contribution in [0.1, 0.15) is 18.4 Å². The highest BCUT2D eigenvalue weighted by Gasteiger charge is 2.16. The van der Waals surface area contributed by atoms with E-state index in [0.29, 0.717) is 0 Å². The fraction of sp³-hybridized carbons (Fsp3) is 0.429. The van der Waals surface area contributed by atoms with Crippen molar-refractivity contribution in [1.29, 1.82) is 0 Å². The normalized spacial score (nSPS) is 17.4. The van der Waals surface area contributed by atoms with Crippen LogP contribution >= 0.6 is 12.4 Å². The van der Waals surface area contributed by atoms with Gasteiger partial charge in [-0.15, -0.1) is 19.0 Å². The van der Waals surface area contributed by atoms with Crippen molar-refractivity contribution >= 4 is 18.1 Å². The molecule has 2 rings (SSSR count). The molecule has 0 aliphatic carbocycles. The maximum absolute atomic E-state index is 5.78. The number of nitrogens with zero attached hydrogens (tertiary/aromatic N) is 1. The van der Waals surface area contributed by atoms with Crippen molar-refractivity contribution in [1.82, 2.24) is 4.90 Å². The maximum atomic E-state index is 5.78. The summed E-state index contributed by atoms with van der Waals surface area (Å²) in [7, 11) is 0. The van der Waals surface area contributed by atoms with E-state index in [4.69, 9.17) is 5.73 Å². The van der Waals surface area contributed by atoms with Crippen LogP contribution in [0.5, 0.6) is 0 Å². The first-order valence-corrected chi connectivity index (χ1v) is 5.97. The monoisotopic (exact) mass is 252 g/mol. The molecule has 1 aliphatic heterocycles. The molecule has 1 aromatic rings. The molecule has 0 aromatic heterocycles. The fourth-order valence-corrected chi connectivity index (χ4v) is 2.30. The summed E-state index contributed by atoms with van der Waals surface area (Å²) in [6.07, 6.45) is 4.58. The van der Waals surface area contributed by atoms with E-state index in [1.54, 1.807) is 0 Å². The first-order valence-electron chi connectivity index (χ1n) is 5.97. The Kier molecular flexibility index (Phi) is 5.52. The summed E-state index contributed by atoms with van der Waals surface area (Å²) >= 11 is 0. The van der Waals surface area contributed by atoms with Crippen LogP contribution in [0, 0.1) is 5.92 Å². The van der Waals surface area contributed by atoms with Gasteiger partial charge in [0.2, 0.25) is 0 Å². The van der Waals surface area contributed by atoms with E-state index in [1.807, 2.05) is 12.1 Å². The number of hydrogen-bond donors (Lipinski definition) is 1. The van der Waals surface area contributed by atoms with Crippen LogP contribution in [0.25, 0.3) is 0 Å². The molecule has 0 unspecified atom stereocenters. The van der Waals surface area contributed by atoms with Crippen LogP contribution in [-0.2, 0) is 6.54 Å². The highest BCUT2D eigenvalue weighted by Crippen LogP contribution is 2.19. The molecule has 94 valence electrons. The van der Waals surface area contributed by atoms with E-state index >= 15 is 0 Å². The molecule has 1 fully saturated rings. The molecule has 3 heteroatoms. The number of halogens is 1. The van der Waals surface area contributed by atoms with E-state index in [1.165, 1.54) is 31.5 Å². The van der Waals surface area contributed by atoms with Crippen LogP contribution in [0.3, 0.4) is 0 Å². The first kappa shape index (κ1) is 14.1. The Balaban J connectivity index is 0.00000144. The Morgan fingerprint density at radius 2 is 2.06 bits per heavy atom. The van der Waals surface area contributed by atoms with Crippen molar-refractivity contribution in [3.63, 3.8) is 0 Å². The average Bonchev–Trinajstić information content (AvgIpc) is 2.30. The maximum Gasteiger partial charge on any atom is 0.0317 e. The van der Waals surface area contributed by atoms with Gasteiger partial charge in [-0.25, -0.2) is 0 Å². The van der Waals surface area contributed by atoms with E-state index in [9.17, 15) is 0 Å². The van der Waals surface area contributed by atoms with Gasteiger partial charge in [-0.05, 0) is 49.5 Å². The number of rotatable bonds is 3. The van der Waals surface area contributed by atoms with Gasteiger partial charge in [0.1, 0.15) is 0 Å². The Morgan fingerprint density at radius 3 is 2.65 bits per heavy atom. The van der Waals surface area contributed by atoms with E-state index in [0.717, 1.165) is 18.2 Å². The lowest BCUT2D eigenvalue weighted by Crippen LogP contribution is -2.32. The standard InChI is InChI=1S/C14H20N2.ClH/c1-2-12-6-8-16(9-7-12)11-13-4-3-5-14(15)10-13;/h2-5,10,12H,1,6-9,11,15H2;1H. The molecule has 0 saturated carbocycles. The zero-order valence-electron chi connectivity index (χ0n) is 10.1. The minimum absolute atomic E-state index is 0. The third-order valence-corrected chi connectivity index (χ3v) is 3.32. The van der Waals surface area contributed by atoms with Gasteiger partial charge < -0.3 is 5.73 Å². The zero-order valence-corrected chi connectivity index (χ0v) is 11.0.